The number of nitrogens with two attached hydrogens (primary N) is 1. The van der Waals surface area contributed by atoms with E-state index in [9.17, 15) is 8.78 Å². The fourth-order valence-electron chi connectivity index (χ4n) is 2.80. The van der Waals surface area contributed by atoms with E-state index in [0.29, 0.717) is 6.42 Å². The maximum Gasteiger partial charge on any atom is 0.251 e. The van der Waals surface area contributed by atoms with Gasteiger partial charge < -0.3 is 10.6 Å². The average molecular weight is 314 g/mol. The van der Waals surface area contributed by atoms with E-state index in [1.807, 2.05) is 55.6 Å². The molecule has 0 aromatic heterocycles. The van der Waals surface area contributed by atoms with Crippen LogP contribution in [0.2, 0.25) is 0 Å². The Hall–Kier alpha value is -2.36. The molecule has 0 fully saturated rings. The number of rotatable bonds is 3. The summed E-state index contributed by atoms with van der Waals surface area (Å²) in [5, 5.41) is 0. The largest absolute Gasteiger partial charge is 0.399 e. The molecule has 0 spiro atoms. The van der Waals surface area contributed by atoms with Gasteiger partial charge in [0.25, 0.3) is 5.92 Å². The van der Waals surface area contributed by atoms with Gasteiger partial charge in [-0.15, -0.1) is 0 Å². The minimum atomic E-state index is -2.54. The summed E-state index contributed by atoms with van der Waals surface area (Å²) < 4.78 is 26.4. The van der Waals surface area contributed by atoms with Crippen LogP contribution in [0.3, 0.4) is 0 Å². The van der Waals surface area contributed by atoms with Crippen LogP contribution in [-0.2, 0) is 0 Å². The Morgan fingerprint density at radius 2 is 1.52 bits per heavy atom. The van der Waals surface area contributed by atoms with Crippen molar-refractivity contribution >= 4 is 22.6 Å². The predicted molar refractivity (Wildman–Crippen MR) is 92.1 cm³/mol. The number of halogens is 2. The minimum absolute atomic E-state index is 0.0636. The van der Waals surface area contributed by atoms with Gasteiger partial charge in [0.1, 0.15) is 0 Å². The first kappa shape index (κ1) is 15.5. The summed E-state index contributed by atoms with van der Waals surface area (Å²) in [6.07, 6.45) is 1.88. The van der Waals surface area contributed by atoms with Gasteiger partial charge in [-0.2, -0.15) is 0 Å². The maximum absolute atomic E-state index is 13.2. The lowest BCUT2D eigenvalue weighted by Crippen LogP contribution is -2.18. The molecule has 23 heavy (non-hydrogen) atoms. The summed E-state index contributed by atoms with van der Waals surface area (Å²) >= 11 is 0. The van der Waals surface area contributed by atoms with Gasteiger partial charge in [0.15, 0.2) is 0 Å². The van der Waals surface area contributed by atoms with Crippen LogP contribution in [0.5, 0.6) is 0 Å². The van der Waals surface area contributed by atoms with Crippen LogP contribution in [0.4, 0.5) is 25.8 Å². The third-order valence-electron chi connectivity index (χ3n) is 4.31. The molecule has 0 radical (unpaired) electrons. The van der Waals surface area contributed by atoms with Crippen LogP contribution >= 0.6 is 0 Å². The Kier molecular flexibility index (Phi) is 4.07. The van der Waals surface area contributed by atoms with E-state index >= 15 is 0 Å². The number of hydrogen-bond donors (Lipinski definition) is 1. The van der Waals surface area contributed by atoms with Crippen molar-refractivity contribution in [2.45, 2.75) is 25.2 Å². The van der Waals surface area contributed by atoms with Crippen molar-refractivity contribution in [1.29, 1.82) is 0 Å². The van der Waals surface area contributed by atoms with Crippen LogP contribution in [0.25, 0.3) is 5.57 Å². The molecule has 0 aliphatic heterocycles. The first-order valence-electron chi connectivity index (χ1n) is 7.71. The number of anilines is 3. The Bertz CT molecular complexity index is 703. The molecule has 0 amide bonds. The summed E-state index contributed by atoms with van der Waals surface area (Å²) in [5.41, 5.74) is 10.6. The lowest BCUT2D eigenvalue weighted by atomic mass is 9.91. The van der Waals surface area contributed by atoms with E-state index in [-0.39, 0.29) is 12.8 Å². The van der Waals surface area contributed by atoms with Crippen molar-refractivity contribution in [3.63, 3.8) is 0 Å². The highest BCUT2D eigenvalue weighted by Gasteiger charge is 2.30. The third kappa shape index (κ3) is 3.52. The Balaban J connectivity index is 1.77. The monoisotopic (exact) mass is 314 g/mol. The first-order valence-corrected chi connectivity index (χ1v) is 7.71. The van der Waals surface area contributed by atoms with Gasteiger partial charge in [-0.25, -0.2) is 8.78 Å². The molecule has 0 bridgehead atoms. The van der Waals surface area contributed by atoms with Crippen LogP contribution in [0.15, 0.2) is 54.6 Å². The van der Waals surface area contributed by atoms with E-state index in [1.165, 1.54) is 0 Å². The van der Waals surface area contributed by atoms with Gasteiger partial charge in [0.05, 0.1) is 0 Å². The zero-order valence-electron chi connectivity index (χ0n) is 13.1. The lowest BCUT2D eigenvalue weighted by molar-refractivity contribution is -0.00602. The standard InChI is InChI=1S/C19H20F2N2/c1-23(18-8-4-16(22)5-9-18)17-6-2-14(3-7-17)15-10-12-19(20,21)13-11-15/h2-10H,11-13,22H2,1H3. The normalized spacial score (nSPS) is 16.7. The zero-order valence-corrected chi connectivity index (χ0v) is 13.1. The highest BCUT2D eigenvalue weighted by atomic mass is 19.3. The summed E-state index contributed by atoms with van der Waals surface area (Å²) in [7, 11) is 1.99. The highest BCUT2D eigenvalue weighted by Crippen LogP contribution is 2.36. The number of nitrogen functional groups attached to an aromatic ring is 1. The molecule has 2 nitrogen and oxygen atoms in total. The van der Waals surface area contributed by atoms with Crippen molar-refractivity contribution in [2.75, 3.05) is 17.7 Å². The number of benzene rings is 2. The van der Waals surface area contributed by atoms with E-state index in [1.54, 1.807) is 6.08 Å². The Morgan fingerprint density at radius 1 is 0.957 bits per heavy atom. The van der Waals surface area contributed by atoms with Gasteiger partial charge >= 0.3 is 0 Å². The molecular formula is C19H20F2N2. The van der Waals surface area contributed by atoms with E-state index in [2.05, 4.69) is 4.90 Å². The Morgan fingerprint density at radius 3 is 2.04 bits per heavy atom. The van der Waals surface area contributed by atoms with Crippen molar-refractivity contribution in [1.82, 2.24) is 0 Å². The molecule has 0 unspecified atom stereocenters. The second-order valence-electron chi connectivity index (χ2n) is 5.99. The lowest BCUT2D eigenvalue weighted by Gasteiger charge is -2.23. The number of allylic oxidation sites excluding steroid dienone is 2. The molecule has 0 saturated heterocycles. The van der Waals surface area contributed by atoms with E-state index in [4.69, 9.17) is 5.73 Å². The molecule has 0 heterocycles. The molecule has 120 valence electrons. The number of nitrogens with zero attached hydrogens (tertiary/aromatic N) is 1. The highest BCUT2D eigenvalue weighted by molar-refractivity contribution is 5.70. The molecule has 2 aromatic rings. The molecule has 1 aliphatic carbocycles. The molecule has 0 saturated carbocycles. The zero-order chi connectivity index (χ0) is 16.4. The second-order valence-corrected chi connectivity index (χ2v) is 5.99. The topological polar surface area (TPSA) is 29.3 Å². The van der Waals surface area contributed by atoms with Gasteiger partial charge in [-0.1, -0.05) is 18.2 Å². The van der Waals surface area contributed by atoms with Gasteiger partial charge in [0, 0.05) is 37.0 Å². The summed E-state index contributed by atoms with van der Waals surface area (Å²) in [6, 6.07) is 15.7. The number of alkyl halides is 2. The minimum Gasteiger partial charge on any atom is -0.399 e. The van der Waals surface area contributed by atoms with Crippen molar-refractivity contribution in [2.24, 2.45) is 0 Å². The van der Waals surface area contributed by atoms with Crippen LogP contribution < -0.4 is 10.6 Å². The molecule has 2 N–H and O–H groups in total. The van der Waals surface area contributed by atoms with Crippen LogP contribution in [0.1, 0.15) is 24.8 Å². The predicted octanol–water partition coefficient (Wildman–Crippen LogP) is 5.24. The quantitative estimate of drug-likeness (QED) is 0.785. The van der Waals surface area contributed by atoms with E-state index < -0.39 is 5.92 Å². The van der Waals surface area contributed by atoms with Gasteiger partial charge in [-0.05, 0) is 54.0 Å². The fraction of sp³-hybridized carbons (Fsp3) is 0.263. The SMILES string of the molecule is CN(c1ccc(N)cc1)c1ccc(C2=CCC(F)(F)CC2)cc1. The average Bonchev–Trinajstić information content (AvgIpc) is 2.55. The molecular weight excluding hydrogens is 294 g/mol. The van der Waals surface area contributed by atoms with Crippen LogP contribution in [-0.4, -0.2) is 13.0 Å². The maximum atomic E-state index is 13.2. The van der Waals surface area contributed by atoms with Crippen LogP contribution in [0, 0.1) is 0 Å². The van der Waals surface area contributed by atoms with Crippen molar-refractivity contribution in [3.8, 4) is 0 Å². The number of hydrogen-bond acceptors (Lipinski definition) is 2. The Labute approximate surface area is 135 Å². The van der Waals surface area contributed by atoms with Gasteiger partial charge in [0.2, 0.25) is 0 Å². The molecule has 3 rings (SSSR count). The third-order valence-corrected chi connectivity index (χ3v) is 4.31. The van der Waals surface area contributed by atoms with Gasteiger partial charge in [-0.3, -0.25) is 0 Å². The van der Waals surface area contributed by atoms with E-state index in [0.717, 1.165) is 28.2 Å². The van der Waals surface area contributed by atoms with Crippen molar-refractivity contribution in [3.05, 3.63) is 60.2 Å². The fourth-order valence-corrected chi connectivity index (χ4v) is 2.80. The smallest absolute Gasteiger partial charge is 0.251 e. The molecule has 4 heteroatoms. The summed E-state index contributed by atoms with van der Waals surface area (Å²) in [4.78, 5) is 2.06. The van der Waals surface area contributed by atoms with Crippen molar-refractivity contribution < 1.29 is 8.78 Å². The first-order chi connectivity index (χ1) is 10.9. The molecule has 1 aliphatic rings. The molecule has 2 aromatic carbocycles. The molecule has 0 atom stereocenters. The second kappa shape index (κ2) is 6.03. The summed E-state index contributed by atoms with van der Waals surface area (Å²) in [5.74, 6) is -2.54. The summed E-state index contributed by atoms with van der Waals surface area (Å²) in [6.45, 7) is 0.